The molecule has 94 valence electrons. The average molecular weight is 236 g/mol. The van der Waals surface area contributed by atoms with Crippen molar-refractivity contribution in [2.24, 2.45) is 16.3 Å². The van der Waals surface area contributed by atoms with E-state index in [1.165, 1.54) is 0 Å². The van der Waals surface area contributed by atoms with E-state index in [2.05, 4.69) is 35.8 Å². The second-order valence-electron chi connectivity index (χ2n) is 5.30. The van der Waals surface area contributed by atoms with Gasteiger partial charge in [0.2, 0.25) is 0 Å². The zero-order valence-corrected chi connectivity index (χ0v) is 10.8. The standard InChI is InChI=1S/C12H20N4O/c1-12(2,3)8-16(4)9-5-6-14-10(7-9)11(13)15-17/h5-7,17H,8H2,1-4H3,(H2,13,15). The molecule has 5 heteroatoms. The van der Waals surface area contributed by atoms with Crippen LogP contribution in [0.1, 0.15) is 26.5 Å². The number of anilines is 1. The fourth-order valence-corrected chi connectivity index (χ4v) is 1.65. The van der Waals surface area contributed by atoms with Gasteiger partial charge in [-0.1, -0.05) is 25.9 Å². The van der Waals surface area contributed by atoms with Crippen molar-refractivity contribution in [3.05, 3.63) is 24.0 Å². The van der Waals surface area contributed by atoms with Crippen LogP contribution in [0.3, 0.4) is 0 Å². The van der Waals surface area contributed by atoms with Crippen LogP contribution in [0.15, 0.2) is 23.5 Å². The summed E-state index contributed by atoms with van der Waals surface area (Å²) in [6.07, 6.45) is 1.65. The molecule has 0 radical (unpaired) electrons. The highest BCUT2D eigenvalue weighted by molar-refractivity contribution is 5.95. The second kappa shape index (κ2) is 5.03. The summed E-state index contributed by atoms with van der Waals surface area (Å²) in [5, 5.41) is 11.6. The van der Waals surface area contributed by atoms with Crippen LogP contribution >= 0.6 is 0 Å². The Hall–Kier alpha value is -1.78. The summed E-state index contributed by atoms with van der Waals surface area (Å²) in [7, 11) is 2.01. The molecule has 0 saturated heterocycles. The molecule has 3 N–H and O–H groups in total. The third-order valence-electron chi connectivity index (χ3n) is 2.27. The minimum absolute atomic E-state index is 0.0241. The first-order chi connectivity index (χ1) is 7.83. The molecule has 0 atom stereocenters. The molecule has 0 fully saturated rings. The largest absolute Gasteiger partial charge is 0.409 e. The molecule has 0 aliphatic rings. The van der Waals surface area contributed by atoms with E-state index in [0.29, 0.717) is 5.69 Å². The van der Waals surface area contributed by atoms with Crippen molar-refractivity contribution in [2.75, 3.05) is 18.5 Å². The van der Waals surface area contributed by atoms with Gasteiger partial charge in [-0.3, -0.25) is 4.98 Å². The van der Waals surface area contributed by atoms with E-state index in [1.54, 1.807) is 12.3 Å². The minimum Gasteiger partial charge on any atom is -0.409 e. The van der Waals surface area contributed by atoms with Crippen LogP contribution in [0, 0.1) is 5.41 Å². The number of nitrogens with two attached hydrogens (primary N) is 1. The highest BCUT2D eigenvalue weighted by Crippen LogP contribution is 2.20. The van der Waals surface area contributed by atoms with Crippen molar-refractivity contribution < 1.29 is 5.21 Å². The number of hydrogen-bond acceptors (Lipinski definition) is 4. The first-order valence-corrected chi connectivity index (χ1v) is 5.48. The molecule has 1 rings (SSSR count). The molecule has 5 nitrogen and oxygen atoms in total. The Kier molecular flexibility index (Phi) is 3.93. The first kappa shape index (κ1) is 13.3. The third-order valence-corrected chi connectivity index (χ3v) is 2.27. The van der Waals surface area contributed by atoms with E-state index in [0.717, 1.165) is 12.2 Å². The summed E-state index contributed by atoms with van der Waals surface area (Å²) in [5.41, 5.74) is 7.19. The number of hydrogen-bond donors (Lipinski definition) is 2. The van der Waals surface area contributed by atoms with Crippen LogP contribution in [0.5, 0.6) is 0 Å². The van der Waals surface area contributed by atoms with Crippen molar-refractivity contribution in [1.29, 1.82) is 0 Å². The molecule has 0 amide bonds. The Labute approximate surface area is 102 Å². The summed E-state index contributed by atoms with van der Waals surface area (Å²) in [6.45, 7) is 7.44. The van der Waals surface area contributed by atoms with Crippen molar-refractivity contribution in [1.82, 2.24) is 4.98 Å². The molecule has 17 heavy (non-hydrogen) atoms. The van der Waals surface area contributed by atoms with E-state index in [4.69, 9.17) is 10.9 Å². The second-order valence-corrected chi connectivity index (χ2v) is 5.30. The lowest BCUT2D eigenvalue weighted by Crippen LogP contribution is -2.29. The van der Waals surface area contributed by atoms with Gasteiger partial charge in [0.15, 0.2) is 5.84 Å². The predicted molar refractivity (Wildman–Crippen MR) is 69.5 cm³/mol. The SMILES string of the molecule is CN(CC(C)(C)C)c1ccnc(C(N)=NO)c1. The summed E-state index contributed by atoms with van der Waals surface area (Å²) >= 11 is 0. The van der Waals surface area contributed by atoms with Gasteiger partial charge in [0.1, 0.15) is 5.69 Å². The molecule has 0 unspecified atom stereocenters. The van der Waals surface area contributed by atoms with E-state index >= 15 is 0 Å². The Bertz CT molecular complexity index is 409. The highest BCUT2D eigenvalue weighted by Gasteiger charge is 2.14. The highest BCUT2D eigenvalue weighted by atomic mass is 16.4. The maximum atomic E-state index is 8.61. The van der Waals surface area contributed by atoms with Gasteiger partial charge in [0.25, 0.3) is 0 Å². The fraction of sp³-hybridized carbons (Fsp3) is 0.500. The van der Waals surface area contributed by atoms with Gasteiger partial charge in [0, 0.05) is 25.5 Å². The molecule has 0 aliphatic carbocycles. The zero-order valence-electron chi connectivity index (χ0n) is 10.8. The normalized spacial score (nSPS) is 12.6. The quantitative estimate of drug-likeness (QED) is 0.362. The van der Waals surface area contributed by atoms with Gasteiger partial charge in [-0.15, -0.1) is 0 Å². The lowest BCUT2D eigenvalue weighted by atomic mass is 9.96. The molecular weight excluding hydrogens is 216 g/mol. The average Bonchev–Trinajstić information content (AvgIpc) is 2.26. The van der Waals surface area contributed by atoms with E-state index in [1.807, 2.05) is 13.1 Å². The maximum absolute atomic E-state index is 8.61. The Morgan fingerprint density at radius 2 is 2.18 bits per heavy atom. The molecule has 1 aromatic rings. The fourth-order valence-electron chi connectivity index (χ4n) is 1.65. The van der Waals surface area contributed by atoms with E-state index < -0.39 is 0 Å². The summed E-state index contributed by atoms with van der Waals surface area (Å²) in [6, 6.07) is 3.71. The van der Waals surface area contributed by atoms with Crippen LogP contribution < -0.4 is 10.6 Å². The van der Waals surface area contributed by atoms with E-state index in [9.17, 15) is 0 Å². The number of rotatable bonds is 3. The molecule has 0 aliphatic heterocycles. The molecule has 0 saturated carbocycles. The summed E-state index contributed by atoms with van der Waals surface area (Å²) in [4.78, 5) is 6.17. The number of amidine groups is 1. The van der Waals surface area contributed by atoms with Crippen LogP contribution in [0.4, 0.5) is 5.69 Å². The maximum Gasteiger partial charge on any atom is 0.188 e. The summed E-state index contributed by atoms with van der Waals surface area (Å²) < 4.78 is 0. The number of oxime groups is 1. The molecule has 0 aromatic carbocycles. The Morgan fingerprint density at radius 3 is 2.71 bits per heavy atom. The topological polar surface area (TPSA) is 74.7 Å². The lowest BCUT2D eigenvalue weighted by Gasteiger charge is -2.28. The van der Waals surface area contributed by atoms with Crippen LogP contribution in [0.25, 0.3) is 0 Å². The lowest BCUT2D eigenvalue weighted by molar-refractivity contribution is 0.318. The van der Waals surface area contributed by atoms with Gasteiger partial charge in [-0.25, -0.2) is 0 Å². The van der Waals surface area contributed by atoms with Gasteiger partial charge < -0.3 is 15.8 Å². The van der Waals surface area contributed by atoms with Gasteiger partial charge in [-0.2, -0.15) is 0 Å². The van der Waals surface area contributed by atoms with Crippen molar-refractivity contribution >= 4 is 11.5 Å². The Balaban J connectivity index is 2.92. The number of nitrogens with zero attached hydrogens (tertiary/aromatic N) is 3. The summed E-state index contributed by atoms with van der Waals surface area (Å²) in [5.74, 6) is 0.0241. The van der Waals surface area contributed by atoms with Crippen molar-refractivity contribution in [3.8, 4) is 0 Å². The van der Waals surface area contributed by atoms with E-state index in [-0.39, 0.29) is 11.3 Å². The molecule has 0 bridgehead atoms. The van der Waals surface area contributed by atoms with Gasteiger partial charge in [0.05, 0.1) is 0 Å². The first-order valence-electron chi connectivity index (χ1n) is 5.48. The minimum atomic E-state index is 0.0241. The van der Waals surface area contributed by atoms with Crippen molar-refractivity contribution in [2.45, 2.75) is 20.8 Å². The number of aromatic nitrogens is 1. The predicted octanol–water partition coefficient (Wildman–Crippen LogP) is 1.66. The molecular formula is C12H20N4O. The smallest absolute Gasteiger partial charge is 0.188 e. The van der Waals surface area contributed by atoms with Crippen LogP contribution in [-0.4, -0.2) is 29.6 Å². The molecule has 0 spiro atoms. The van der Waals surface area contributed by atoms with Gasteiger partial charge in [-0.05, 0) is 17.5 Å². The van der Waals surface area contributed by atoms with Crippen LogP contribution in [0.2, 0.25) is 0 Å². The third kappa shape index (κ3) is 3.94. The molecule has 1 heterocycles. The molecule has 1 aromatic heterocycles. The van der Waals surface area contributed by atoms with Crippen molar-refractivity contribution in [3.63, 3.8) is 0 Å². The van der Waals surface area contributed by atoms with Gasteiger partial charge >= 0.3 is 0 Å². The monoisotopic (exact) mass is 236 g/mol. The number of pyridine rings is 1. The van der Waals surface area contributed by atoms with Crippen LogP contribution in [-0.2, 0) is 0 Å². The zero-order chi connectivity index (χ0) is 13.1. The Morgan fingerprint density at radius 1 is 1.53 bits per heavy atom.